The highest BCUT2D eigenvalue weighted by molar-refractivity contribution is 9.10. The van der Waals surface area contributed by atoms with Gasteiger partial charge in [-0.25, -0.2) is 0 Å². The minimum Gasteiger partial charge on any atom is -0.481 e. The van der Waals surface area contributed by atoms with Crippen LogP contribution in [0.2, 0.25) is 0 Å². The van der Waals surface area contributed by atoms with E-state index in [1.165, 1.54) is 6.07 Å². The molecule has 1 aliphatic heterocycles. The fraction of sp³-hybridized carbons (Fsp3) is 0.462. The number of aliphatic carboxylic acids is 1. The van der Waals surface area contributed by atoms with E-state index in [0.29, 0.717) is 36.1 Å². The number of halogens is 1. The predicted octanol–water partition coefficient (Wildman–Crippen LogP) is 2.78. The van der Waals surface area contributed by atoms with Gasteiger partial charge in [0.25, 0.3) is 5.69 Å². The van der Waals surface area contributed by atoms with E-state index in [4.69, 9.17) is 4.74 Å². The SMILES string of the molecule is O=C(O)C1(Cc2ccc(Br)cc2[N+](=O)[O-])CCOCC1. The second kappa shape index (κ2) is 5.88. The standard InChI is InChI=1S/C13H14BrNO5/c14-10-2-1-9(11(7-10)15(18)19)8-13(12(16)17)3-5-20-6-4-13/h1-2,7H,3-6,8H2,(H,16,17). The lowest BCUT2D eigenvalue weighted by atomic mass is 9.75. The Morgan fingerprint density at radius 3 is 2.65 bits per heavy atom. The third-order valence-corrected chi connectivity index (χ3v) is 4.17. The predicted molar refractivity (Wildman–Crippen MR) is 74.6 cm³/mol. The molecule has 0 atom stereocenters. The lowest BCUT2D eigenvalue weighted by Crippen LogP contribution is -2.39. The van der Waals surface area contributed by atoms with E-state index in [0.717, 1.165) is 0 Å². The number of carboxylic acids is 1. The van der Waals surface area contributed by atoms with Gasteiger partial charge in [0.15, 0.2) is 0 Å². The lowest BCUT2D eigenvalue weighted by molar-refractivity contribution is -0.385. The first-order valence-electron chi connectivity index (χ1n) is 6.19. The van der Waals surface area contributed by atoms with E-state index in [-0.39, 0.29) is 12.1 Å². The second-order valence-electron chi connectivity index (χ2n) is 4.90. The van der Waals surface area contributed by atoms with Crippen molar-refractivity contribution in [3.8, 4) is 0 Å². The molecular formula is C13H14BrNO5. The van der Waals surface area contributed by atoms with Crippen molar-refractivity contribution in [2.45, 2.75) is 19.3 Å². The molecule has 2 rings (SSSR count). The Kier molecular flexibility index (Phi) is 4.39. The Hall–Kier alpha value is -1.47. The molecule has 108 valence electrons. The van der Waals surface area contributed by atoms with Gasteiger partial charge >= 0.3 is 5.97 Å². The third-order valence-electron chi connectivity index (χ3n) is 3.68. The average Bonchev–Trinajstić information content (AvgIpc) is 2.41. The topological polar surface area (TPSA) is 89.7 Å². The minimum atomic E-state index is -0.975. The van der Waals surface area contributed by atoms with Crippen molar-refractivity contribution < 1.29 is 19.6 Å². The third kappa shape index (κ3) is 2.99. The number of carboxylic acid groups (broad SMARTS) is 1. The van der Waals surface area contributed by atoms with E-state index in [1.807, 2.05) is 0 Å². The molecule has 1 aromatic rings. The smallest absolute Gasteiger partial charge is 0.310 e. The highest BCUT2D eigenvalue weighted by atomic mass is 79.9. The van der Waals surface area contributed by atoms with Crippen molar-refractivity contribution >= 4 is 27.6 Å². The molecule has 20 heavy (non-hydrogen) atoms. The van der Waals surface area contributed by atoms with Gasteiger partial charge in [-0.3, -0.25) is 14.9 Å². The fourth-order valence-electron chi connectivity index (χ4n) is 2.45. The summed E-state index contributed by atoms with van der Waals surface area (Å²) in [5, 5.41) is 20.6. The van der Waals surface area contributed by atoms with Crippen LogP contribution in [0.1, 0.15) is 18.4 Å². The molecule has 6 nitrogen and oxygen atoms in total. The van der Waals surface area contributed by atoms with Crippen LogP contribution in [0.15, 0.2) is 22.7 Å². The van der Waals surface area contributed by atoms with E-state index < -0.39 is 16.3 Å². The largest absolute Gasteiger partial charge is 0.481 e. The molecule has 0 amide bonds. The number of carbonyl (C=O) groups is 1. The maximum atomic E-state index is 11.6. The quantitative estimate of drug-likeness (QED) is 0.670. The molecular weight excluding hydrogens is 330 g/mol. The Balaban J connectivity index is 2.36. The summed E-state index contributed by atoms with van der Waals surface area (Å²) >= 11 is 3.19. The van der Waals surface area contributed by atoms with Crippen LogP contribution >= 0.6 is 15.9 Å². The molecule has 0 spiro atoms. The van der Waals surface area contributed by atoms with Gasteiger partial charge in [0.05, 0.1) is 10.3 Å². The monoisotopic (exact) mass is 343 g/mol. The first-order chi connectivity index (χ1) is 9.44. The Labute approximate surface area is 124 Å². The Morgan fingerprint density at radius 1 is 1.45 bits per heavy atom. The summed E-state index contributed by atoms with van der Waals surface area (Å²) < 4.78 is 5.81. The van der Waals surface area contributed by atoms with Gasteiger partial charge in [-0.1, -0.05) is 22.0 Å². The van der Waals surface area contributed by atoms with Crippen LogP contribution in [0.3, 0.4) is 0 Å². The van der Waals surface area contributed by atoms with E-state index in [1.54, 1.807) is 12.1 Å². The number of hydrogen-bond acceptors (Lipinski definition) is 4. The van der Waals surface area contributed by atoms with Crippen LogP contribution in [0.4, 0.5) is 5.69 Å². The first kappa shape index (κ1) is 14.9. The molecule has 1 N–H and O–H groups in total. The zero-order chi connectivity index (χ0) is 14.8. The van der Waals surface area contributed by atoms with Crippen LogP contribution in [0.25, 0.3) is 0 Å². The second-order valence-corrected chi connectivity index (χ2v) is 5.82. The van der Waals surface area contributed by atoms with E-state index >= 15 is 0 Å². The van der Waals surface area contributed by atoms with Crippen molar-refractivity contribution in [3.63, 3.8) is 0 Å². The lowest BCUT2D eigenvalue weighted by Gasteiger charge is -2.33. The van der Waals surface area contributed by atoms with E-state index in [2.05, 4.69) is 15.9 Å². The summed E-state index contributed by atoms with van der Waals surface area (Å²) in [6.45, 7) is 0.743. The summed E-state index contributed by atoms with van der Waals surface area (Å²) in [5.41, 5.74) is -0.578. The Morgan fingerprint density at radius 2 is 2.10 bits per heavy atom. The Bertz CT molecular complexity index is 540. The molecule has 1 aliphatic rings. The summed E-state index contributed by atoms with van der Waals surface area (Å²) in [6.07, 6.45) is 0.889. The van der Waals surface area contributed by atoms with Crippen LogP contribution in [-0.4, -0.2) is 29.2 Å². The number of ether oxygens (including phenoxy) is 1. The van der Waals surface area contributed by atoms with Gasteiger partial charge in [-0.05, 0) is 25.3 Å². The molecule has 7 heteroatoms. The van der Waals surface area contributed by atoms with Crippen molar-refractivity contribution in [2.24, 2.45) is 5.41 Å². The molecule has 0 radical (unpaired) electrons. The zero-order valence-electron chi connectivity index (χ0n) is 10.7. The maximum absolute atomic E-state index is 11.6. The average molecular weight is 344 g/mol. The molecule has 0 aromatic heterocycles. The number of hydrogen-bond donors (Lipinski definition) is 1. The summed E-state index contributed by atoms with van der Waals surface area (Å²) in [7, 11) is 0. The van der Waals surface area contributed by atoms with Gasteiger partial charge in [0.1, 0.15) is 0 Å². The number of nitro benzene ring substituents is 1. The van der Waals surface area contributed by atoms with E-state index in [9.17, 15) is 20.0 Å². The summed E-state index contributed by atoms with van der Waals surface area (Å²) in [5.74, 6) is -0.919. The van der Waals surface area contributed by atoms with Gasteiger partial charge in [0, 0.05) is 29.3 Å². The highest BCUT2D eigenvalue weighted by Crippen LogP contribution is 2.37. The molecule has 1 fully saturated rings. The number of nitro groups is 1. The van der Waals surface area contributed by atoms with Gasteiger partial charge in [-0.2, -0.15) is 0 Å². The number of benzene rings is 1. The molecule has 0 aliphatic carbocycles. The first-order valence-corrected chi connectivity index (χ1v) is 6.98. The summed E-state index contributed by atoms with van der Waals surface area (Å²) in [4.78, 5) is 22.2. The zero-order valence-corrected chi connectivity index (χ0v) is 12.3. The van der Waals surface area contributed by atoms with Crippen molar-refractivity contribution in [1.82, 2.24) is 0 Å². The van der Waals surface area contributed by atoms with Crippen molar-refractivity contribution in [2.75, 3.05) is 13.2 Å². The number of rotatable bonds is 4. The van der Waals surface area contributed by atoms with Crippen molar-refractivity contribution in [1.29, 1.82) is 0 Å². The van der Waals surface area contributed by atoms with Crippen LogP contribution in [0.5, 0.6) is 0 Å². The van der Waals surface area contributed by atoms with Crippen LogP contribution < -0.4 is 0 Å². The normalized spacial score (nSPS) is 17.6. The minimum absolute atomic E-state index is 0.0495. The fourth-order valence-corrected chi connectivity index (χ4v) is 2.80. The van der Waals surface area contributed by atoms with Gasteiger partial charge in [0.2, 0.25) is 0 Å². The molecule has 1 saturated heterocycles. The molecule has 0 bridgehead atoms. The summed E-state index contributed by atoms with van der Waals surface area (Å²) in [6, 6.07) is 4.71. The molecule has 1 heterocycles. The van der Waals surface area contributed by atoms with Gasteiger partial charge < -0.3 is 9.84 Å². The van der Waals surface area contributed by atoms with Gasteiger partial charge in [-0.15, -0.1) is 0 Å². The molecule has 0 saturated carbocycles. The van der Waals surface area contributed by atoms with Crippen LogP contribution in [-0.2, 0) is 16.0 Å². The molecule has 0 unspecified atom stereocenters. The van der Waals surface area contributed by atoms with Crippen LogP contribution in [0, 0.1) is 15.5 Å². The highest BCUT2D eigenvalue weighted by Gasteiger charge is 2.41. The maximum Gasteiger partial charge on any atom is 0.310 e. The van der Waals surface area contributed by atoms with Crippen molar-refractivity contribution in [3.05, 3.63) is 38.3 Å². The number of nitrogens with zero attached hydrogens (tertiary/aromatic N) is 1. The molecule has 1 aromatic carbocycles.